The molecule has 0 radical (unpaired) electrons. The fraction of sp³-hybridized carbons (Fsp3) is 0.571. The van der Waals surface area contributed by atoms with Crippen molar-refractivity contribution in [1.82, 2.24) is 9.88 Å². The number of hydrogen-bond donors (Lipinski definition) is 0. The largest absolute Gasteiger partial charge is 0.493 e. The summed E-state index contributed by atoms with van der Waals surface area (Å²) in [5.41, 5.74) is 0. The van der Waals surface area contributed by atoms with Crippen molar-refractivity contribution in [2.24, 2.45) is 5.92 Å². The number of methoxy groups -OCH3 is 1. The van der Waals surface area contributed by atoms with E-state index in [2.05, 4.69) is 18.8 Å². The van der Waals surface area contributed by atoms with Gasteiger partial charge in [0.1, 0.15) is 0 Å². The van der Waals surface area contributed by atoms with E-state index in [9.17, 15) is 4.79 Å². The van der Waals surface area contributed by atoms with Crippen molar-refractivity contribution in [2.45, 2.75) is 13.8 Å². The van der Waals surface area contributed by atoms with E-state index in [0.717, 1.165) is 25.5 Å². The minimum atomic E-state index is 0.160. The number of anilines is 1. The summed E-state index contributed by atoms with van der Waals surface area (Å²) in [4.78, 5) is 20.4. The molecule has 0 aliphatic carbocycles. The average Bonchev–Trinajstić information content (AvgIpc) is 2.40. The van der Waals surface area contributed by atoms with Crippen LogP contribution in [-0.2, 0) is 4.79 Å². The van der Waals surface area contributed by atoms with Crippen LogP contribution in [0.15, 0.2) is 18.3 Å². The molecule has 5 heteroatoms. The highest BCUT2D eigenvalue weighted by atomic mass is 16.5. The third-order valence-corrected chi connectivity index (χ3v) is 3.17. The van der Waals surface area contributed by atoms with Crippen LogP contribution in [0.3, 0.4) is 0 Å². The second kappa shape index (κ2) is 5.91. The molecule has 0 atom stereocenters. The first-order valence-corrected chi connectivity index (χ1v) is 6.63. The lowest BCUT2D eigenvalue weighted by Gasteiger charge is -2.36. The van der Waals surface area contributed by atoms with Crippen molar-refractivity contribution >= 4 is 11.7 Å². The molecule has 0 N–H and O–H groups in total. The SMILES string of the molecule is COc1cccnc1N1CCN(CC(C)C)C(=O)C1. The van der Waals surface area contributed by atoms with E-state index in [-0.39, 0.29) is 5.91 Å². The molecule has 1 aromatic heterocycles. The Morgan fingerprint density at radius 3 is 2.84 bits per heavy atom. The molecule has 5 nitrogen and oxygen atoms in total. The average molecular weight is 263 g/mol. The van der Waals surface area contributed by atoms with E-state index >= 15 is 0 Å². The van der Waals surface area contributed by atoms with Crippen molar-refractivity contribution in [3.63, 3.8) is 0 Å². The molecule has 0 unspecified atom stereocenters. The molecule has 0 bridgehead atoms. The zero-order valence-electron chi connectivity index (χ0n) is 11.8. The van der Waals surface area contributed by atoms with Gasteiger partial charge < -0.3 is 14.5 Å². The summed E-state index contributed by atoms with van der Waals surface area (Å²) in [5, 5.41) is 0. The highest BCUT2D eigenvalue weighted by molar-refractivity contribution is 5.83. The van der Waals surface area contributed by atoms with Crippen molar-refractivity contribution in [2.75, 3.05) is 38.2 Å². The highest BCUT2D eigenvalue weighted by Crippen LogP contribution is 2.25. The van der Waals surface area contributed by atoms with Gasteiger partial charge in [-0.25, -0.2) is 4.98 Å². The van der Waals surface area contributed by atoms with Crippen molar-refractivity contribution in [3.8, 4) is 5.75 Å². The van der Waals surface area contributed by atoms with Gasteiger partial charge in [-0.3, -0.25) is 4.79 Å². The van der Waals surface area contributed by atoms with Gasteiger partial charge in [-0.1, -0.05) is 13.8 Å². The molecule has 0 aromatic carbocycles. The van der Waals surface area contributed by atoms with Gasteiger partial charge in [-0.05, 0) is 18.1 Å². The van der Waals surface area contributed by atoms with Crippen LogP contribution in [0, 0.1) is 5.92 Å². The molecular formula is C14H21N3O2. The molecule has 19 heavy (non-hydrogen) atoms. The Balaban J connectivity index is 2.07. The molecule has 1 fully saturated rings. The van der Waals surface area contributed by atoms with Gasteiger partial charge in [-0.2, -0.15) is 0 Å². The van der Waals surface area contributed by atoms with E-state index in [4.69, 9.17) is 4.74 Å². The summed E-state index contributed by atoms with van der Waals surface area (Å²) in [6.07, 6.45) is 1.73. The maximum atomic E-state index is 12.1. The zero-order valence-corrected chi connectivity index (χ0v) is 11.8. The number of amides is 1. The minimum absolute atomic E-state index is 0.160. The second-order valence-electron chi connectivity index (χ2n) is 5.18. The molecule has 1 amide bonds. The molecule has 1 aliphatic rings. The number of piperazine rings is 1. The van der Waals surface area contributed by atoms with E-state index in [1.807, 2.05) is 21.9 Å². The van der Waals surface area contributed by atoms with E-state index in [1.54, 1.807) is 13.3 Å². The first-order valence-electron chi connectivity index (χ1n) is 6.63. The third-order valence-electron chi connectivity index (χ3n) is 3.17. The summed E-state index contributed by atoms with van der Waals surface area (Å²) in [7, 11) is 1.62. The van der Waals surface area contributed by atoms with Crippen molar-refractivity contribution in [3.05, 3.63) is 18.3 Å². The Bertz CT molecular complexity index is 448. The third kappa shape index (κ3) is 3.16. The Hall–Kier alpha value is -1.78. The van der Waals surface area contributed by atoms with Crippen molar-refractivity contribution in [1.29, 1.82) is 0 Å². The highest BCUT2D eigenvalue weighted by Gasteiger charge is 2.26. The van der Waals surface area contributed by atoms with E-state index in [0.29, 0.717) is 18.2 Å². The lowest BCUT2D eigenvalue weighted by atomic mass is 10.2. The summed E-state index contributed by atoms with van der Waals surface area (Å²) >= 11 is 0. The van der Waals surface area contributed by atoms with Gasteiger partial charge in [0.05, 0.1) is 13.7 Å². The maximum absolute atomic E-state index is 12.1. The molecule has 0 spiro atoms. The van der Waals surface area contributed by atoms with Gasteiger partial charge in [-0.15, -0.1) is 0 Å². The summed E-state index contributed by atoms with van der Waals surface area (Å²) in [6.45, 7) is 7.00. The Labute approximate surface area is 114 Å². The lowest BCUT2D eigenvalue weighted by molar-refractivity contribution is -0.131. The number of nitrogens with zero attached hydrogens (tertiary/aromatic N) is 3. The van der Waals surface area contributed by atoms with Crippen LogP contribution >= 0.6 is 0 Å². The number of rotatable bonds is 4. The fourth-order valence-electron chi connectivity index (χ4n) is 2.30. The van der Waals surface area contributed by atoms with E-state index < -0.39 is 0 Å². The van der Waals surface area contributed by atoms with Crippen LogP contribution in [0.2, 0.25) is 0 Å². The molecular weight excluding hydrogens is 242 g/mol. The maximum Gasteiger partial charge on any atom is 0.242 e. The van der Waals surface area contributed by atoms with Crippen LogP contribution in [0.1, 0.15) is 13.8 Å². The van der Waals surface area contributed by atoms with Crippen LogP contribution in [0.4, 0.5) is 5.82 Å². The van der Waals surface area contributed by atoms with Gasteiger partial charge in [0, 0.05) is 25.8 Å². The molecule has 1 aliphatic heterocycles. The quantitative estimate of drug-likeness (QED) is 0.823. The number of pyridine rings is 1. The number of hydrogen-bond acceptors (Lipinski definition) is 4. The Kier molecular flexibility index (Phi) is 4.24. The Morgan fingerprint density at radius 1 is 1.42 bits per heavy atom. The minimum Gasteiger partial charge on any atom is -0.493 e. The van der Waals surface area contributed by atoms with Crippen LogP contribution in [0.25, 0.3) is 0 Å². The molecule has 1 saturated heterocycles. The number of carbonyl (C=O) groups excluding carboxylic acids is 1. The first-order chi connectivity index (χ1) is 9.11. The zero-order chi connectivity index (χ0) is 13.8. The smallest absolute Gasteiger partial charge is 0.242 e. The standard InChI is InChI=1S/C14H21N3O2/c1-11(2)9-16-7-8-17(10-13(16)18)14-12(19-3)5-4-6-15-14/h4-6,11H,7-10H2,1-3H3. The normalized spacial score (nSPS) is 16.1. The predicted octanol–water partition coefficient (Wildman–Crippen LogP) is 1.39. The van der Waals surface area contributed by atoms with Gasteiger partial charge in [0.2, 0.25) is 5.91 Å². The Morgan fingerprint density at radius 2 is 2.21 bits per heavy atom. The summed E-state index contributed by atoms with van der Waals surface area (Å²) in [5.74, 6) is 2.13. The molecule has 0 saturated carbocycles. The van der Waals surface area contributed by atoms with Crippen LogP contribution in [-0.4, -0.2) is 49.1 Å². The first kappa shape index (κ1) is 13.6. The number of carbonyl (C=O) groups is 1. The van der Waals surface area contributed by atoms with Crippen LogP contribution < -0.4 is 9.64 Å². The van der Waals surface area contributed by atoms with Crippen molar-refractivity contribution < 1.29 is 9.53 Å². The van der Waals surface area contributed by atoms with E-state index in [1.165, 1.54) is 0 Å². The molecule has 1 aromatic rings. The monoisotopic (exact) mass is 263 g/mol. The van der Waals surface area contributed by atoms with Crippen LogP contribution in [0.5, 0.6) is 5.75 Å². The molecule has 2 heterocycles. The lowest BCUT2D eigenvalue weighted by Crippen LogP contribution is -2.51. The van der Waals surface area contributed by atoms with Gasteiger partial charge >= 0.3 is 0 Å². The molecule has 2 rings (SSSR count). The number of aromatic nitrogens is 1. The van der Waals surface area contributed by atoms with Gasteiger partial charge in [0.15, 0.2) is 11.6 Å². The summed E-state index contributed by atoms with van der Waals surface area (Å²) in [6, 6.07) is 3.70. The number of ether oxygens (including phenoxy) is 1. The second-order valence-corrected chi connectivity index (χ2v) is 5.18. The topological polar surface area (TPSA) is 45.7 Å². The molecule has 104 valence electrons. The fourth-order valence-corrected chi connectivity index (χ4v) is 2.30. The summed E-state index contributed by atoms with van der Waals surface area (Å²) < 4.78 is 5.30. The predicted molar refractivity (Wildman–Crippen MR) is 74.4 cm³/mol. The van der Waals surface area contributed by atoms with Gasteiger partial charge in [0.25, 0.3) is 0 Å².